The standard InChI is InChI=1S/C15H17FN2O.C15H15FN2O/c2*1-9(2)12-7-11(16)8-13(15(12)17)10-4-5-18-14(6-10)19-3/h4-9H,17H2,1-3H3;4-8H,1,17H2,2-3H3. The molecule has 6 nitrogen and oxygen atoms in total. The van der Waals surface area contributed by atoms with Gasteiger partial charge in [-0.15, -0.1) is 0 Å². The van der Waals surface area contributed by atoms with Crippen molar-refractivity contribution in [1.29, 1.82) is 0 Å². The van der Waals surface area contributed by atoms with E-state index in [0.29, 0.717) is 39.8 Å². The van der Waals surface area contributed by atoms with Crippen LogP contribution in [-0.4, -0.2) is 24.2 Å². The monoisotopic (exact) mass is 518 g/mol. The number of hydrogen-bond donors (Lipinski definition) is 2. The van der Waals surface area contributed by atoms with Gasteiger partial charge < -0.3 is 20.9 Å². The molecule has 0 radical (unpaired) electrons. The van der Waals surface area contributed by atoms with E-state index in [1.54, 1.807) is 50.7 Å². The van der Waals surface area contributed by atoms with Gasteiger partial charge in [-0.1, -0.05) is 20.4 Å². The van der Waals surface area contributed by atoms with E-state index in [1.165, 1.54) is 31.4 Å². The van der Waals surface area contributed by atoms with Crippen molar-refractivity contribution in [2.45, 2.75) is 26.7 Å². The topological polar surface area (TPSA) is 96.3 Å². The van der Waals surface area contributed by atoms with E-state index >= 15 is 0 Å². The molecule has 0 bridgehead atoms. The Morgan fingerprint density at radius 3 is 1.71 bits per heavy atom. The number of nitrogen functional groups attached to an aromatic ring is 2. The Balaban J connectivity index is 0.000000211. The zero-order chi connectivity index (χ0) is 28.0. The number of nitrogens with zero attached hydrogens (tertiary/aromatic N) is 2. The van der Waals surface area contributed by atoms with Crippen LogP contribution >= 0.6 is 0 Å². The number of anilines is 2. The Bertz CT molecular complexity index is 1450. The molecule has 4 rings (SSSR count). The summed E-state index contributed by atoms with van der Waals surface area (Å²) in [5.74, 6) is 0.463. The van der Waals surface area contributed by atoms with Gasteiger partial charge in [-0.25, -0.2) is 18.7 Å². The first-order valence-corrected chi connectivity index (χ1v) is 11.9. The van der Waals surface area contributed by atoms with Gasteiger partial charge in [0.1, 0.15) is 11.6 Å². The van der Waals surface area contributed by atoms with Crippen LogP contribution in [0.5, 0.6) is 11.8 Å². The van der Waals surface area contributed by atoms with Gasteiger partial charge in [-0.3, -0.25) is 0 Å². The van der Waals surface area contributed by atoms with E-state index in [2.05, 4.69) is 16.5 Å². The van der Waals surface area contributed by atoms with Crippen LogP contribution < -0.4 is 20.9 Å². The Morgan fingerprint density at radius 1 is 0.789 bits per heavy atom. The largest absolute Gasteiger partial charge is 0.481 e. The van der Waals surface area contributed by atoms with Crippen LogP contribution in [0.4, 0.5) is 20.2 Å². The predicted octanol–water partition coefficient (Wildman–Crippen LogP) is 7.11. The highest BCUT2D eigenvalue weighted by atomic mass is 19.1. The van der Waals surface area contributed by atoms with Crippen molar-refractivity contribution in [2.75, 3.05) is 25.7 Å². The fourth-order valence-electron chi connectivity index (χ4n) is 3.94. The second-order valence-corrected chi connectivity index (χ2v) is 8.98. The Kier molecular flexibility index (Phi) is 9.02. The minimum atomic E-state index is -0.349. The molecule has 0 saturated carbocycles. The summed E-state index contributed by atoms with van der Waals surface area (Å²) in [7, 11) is 3.07. The number of ether oxygens (including phenoxy) is 2. The van der Waals surface area contributed by atoms with Gasteiger partial charge in [0.05, 0.1) is 14.2 Å². The molecule has 38 heavy (non-hydrogen) atoms. The molecule has 8 heteroatoms. The lowest BCUT2D eigenvalue weighted by Gasteiger charge is -2.14. The zero-order valence-corrected chi connectivity index (χ0v) is 22.2. The lowest BCUT2D eigenvalue weighted by Crippen LogP contribution is -2.01. The number of rotatable bonds is 6. The van der Waals surface area contributed by atoms with Crippen molar-refractivity contribution in [3.63, 3.8) is 0 Å². The maximum absolute atomic E-state index is 13.7. The molecular weight excluding hydrogens is 486 g/mol. The van der Waals surface area contributed by atoms with Gasteiger partial charge in [-0.05, 0) is 71.5 Å². The van der Waals surface area contributed by atoms with Crippen molar-refractivity contribution >= 4 is 16.9 Å². The fourth-order valence-corrected chi connectivity index (χ4v) is 3.94. The smallest absolute Gasteiger partial charge is 0.213 e. The maximum atomic E-state index is 13.7. The quantitative estimate of drug-likeness (QED) is 0.264. The van der Waals surface area contributed by atoms with Crippen LogP contribution in [0.25, 0.3) is 27.8 Å². The first-order chi connectivity index (χ1) is 18.0. The van der Waals surface area contributed by atoms with E-state index in [1.807, 2.05) is 13.8 Å². The van der Waals surface area contributed by atoms with E-state index in [0.717, 1.165) is 22.3 Å². The van der Waals surface area contributed by atoms with Gasteiger partial charge in [-0.2, -0.15) is 0 Å². The highest BCUT2D eigenvalue weighted by Crippen LogP contribution is 2.35. The van der Waals surface area contributed by atoms with Crippen molar-refractivity contribution < 1.29 is 18.3 Å². The molecule has 0 spiro atoms. The second kappa shape index (κ2) is 12.2. The number of benzene rings is 2. The summed E-state index contributed by atoms with van der Waals surface area (Å²) in [6, 6.07) is 12.7. The molecule has 4 N–H and O–H groups in total. The number of pyridine rings is 2. The molecule has 2 aromatic carbocycles. The third kappa shape index (κ3) is 6.45. The molecule has 0 unspecified atom stereocenters. The highest BCUT2D eigenvalue weighted by molar-refractivity contribution is 5.86. The molecule has 4 aromatic rings. The predicted molar refractivity (Wildman–Crippen MR) is 150 cm³/mol. The first-order valence-electron chi connectivity index (χ1n) is 11.9. The first kappa shape index (κ1) is 28.1. The number of allylic oxidation sites excluding steroid dienone is 1. The molecule has 0 aliphatic carbocycles. The molecule has 0 amide bonds. The van der Waals surface area contributed by atoms with Gasteiger partial charge in [0.15, 0.2) is 0 Å². The van der Waals surface area contributed by atoms with Crippen LogP contribution in [0, 0.1) is 11.6 Å². The van der Waals surface area contributed by atoms with E-state index < -0.39 is 0 Å². The van der Waals surface area contributed by atoms with Crippen molar-refractivity contribution in [2.24, 2.45) is 0 Å². The van der Waals surface area contributed by atoms with E-state index in [-0.39, 0.29) is 17.6 Å². The third-order valence-electron chi connectivity index (χ3n) is 5.91. The fraction of sp³-hybridized carbons (Fsp3) is 0.200. The lowest BCUT2D eigenvalue weighted by atomic mass is 9.95. The minimum absolute atomic E-state index is 0.165. The second-order valence-electron chi connectivity index (χ2n) is 8.98. The summed E-state index contributed by atoms with van der Waals surface area (Å²) in [4.78, 5) is 8.05. The molecule has 2 aromatic heterocycles. The number of methoxy groups -OCH3 is 2. The summed E-state index contributed by atoms with van der Waals surface area (Å²) in [6.07, 6.45) is 3.21. The van der Waals surface area contributed by atoms with E-state index in [9.17, 15) is 8.78 Å². The average molecular weight is 519 g/mol. The molecule has 2 heterocycles. The Labute approximate surface area is 222 Å². The van der Waals surface area contributed by atoms with Crippen molar-refractivity contribution in [3.8, 4) is 34.0 Å². The van der Waals surface area contributed by atoms with Crippen LogP contribution in [0.3, 0.4) is 0 Å². The number of nitrogens with two attached hydrogens (primary N) is 2. The molecule has 0 aliphatic rings. The zero-order valence-electron chi connectivity index (χ0n) is 22.2. The molecule has 0 atom stereocenters. The molecular formula is C30H32F2N4O2. The highest BCUT2D eigenvalue weighted by Gasteiger charge is 2.14. The van der Waals surface area contributed by atoms with Gasteiger partial charge in [0, 0.05) is 52.6 Å². The summed E-state index contributed by atoms with van der Waals surface area (Å²) in [6.45, 7) is 9.58. The van der Waals surface area contributed by atoms with Gasteiger partial charge in [0.2, 0.25) is 11.8 Å². The summed E-state index contributed by atoms with van der Waals surface area (Å²) < 4.78 is 37.6. The Hall–Kier alpha value is -4.46. The number of hydrogen-bond acceptors (Lipinski definition) is 6. The summed E-state index contributed by atoms with van der Waals surface area (Å²) in [5, 5.41) is 0. The molecule has 0 aliphatic heterocycles. The SMILES string of the molecule is C=C(C)c1cc(F)cc(-c2ccnc(OC)c2)c1N.COc1cc(-c2cc(F)cc(C(C)C)c2N)ccn1. The van der Waals surface area contributed by atoms with Crippen LogP contribution in [-0.2, 0) is 0 Å². The molecule has 0 saturated heterocycles. The minimum Gasteiger partial charge on any atom is -0.481 e. The average Bonchev–Trinajstić information content (AvgIpc) is 2.91. The van der Waals surface area contributed by atoms with Crippen molar-refractivity contribution in [3.05, 3.63) is 90.3 Å². The van der Waals surface area contributed by atoms with Crippen LogP contribution in [0.1, 0.15) is 37.8 Å². The van der Waals surface area contributed by atoms with Crippen molar-refractivity contribution in [1.82, 2.24) is 9.97 Å². The summed E-state index contributed by atoms with van der Waals surface area (Å²) >= 11 is 0. The summed E-state index contributed by atoms with van der Waals surface area (Å²) in [5.41, 5.74) is 18.3. The maximum Gasteiger partial charge on any atom is 0.213 e. The van der Waals surface area contributed by atoms with Gasteiger partial charge in [0.25, 0.3) is 0 Å². The normalized spacial score (nSPS) is 10.5. The third-order valence-corrected chi connectivity index (χ3v) is 5.91. The molecule has 0 fully saturated rings. The van der Waals surface area contributed by atoms with Gasteiger partial charge >= 0.3 is 0 Å². The van der Waals surface area contributed by atoms with Crippen LogP contribution in [0.15, 0.2) is 67.5 Å². The lowest BCUT2D eigenvalue weighted by molar-refractivity contribution is 0.398. The van der Waals surface area contributed by atoms with Crippen LogP contribution in [0.2, 0.25) is 0 Å². The number of aromatic nitrogens is 2. The van der Waals surface area contributed by atoms with E-state index in [4.69, 9.17) is 20.9 Å². The number of halogens is 2. The Morgan fingerprint density at radius 2 is 1.26 bits per heavy atom. The molecule has 198 valence electrons.